The number of hydrogen-bond donors (Lipinski definition) is 1. The lowest BCUT2D eigenvalue weighted by atomic mass is 10.2. The van der Waals surface area contributed by atoms with Gasteiger partial charge in [-0.3, -0.25) is 0 Å². The van der Waals surface area contributed by atoms with E-state index in [1.807, 2.05) is 0 Å². The van der Waals surface area contributed by atoms with Crippen LogP contribution in [0.5, 0.6) is 0 Å². The molecule has 0 amide bonds. The molecular formula is C13H10ClF2NO2S. The minimum Gasteiger partial charge on any atom is -0.399 e. The maximum Gasteiger partial charge on any atom is 0.185 e. The summed E-state index contributed by atoms with van der Waals surface area (Å²) in [6.45, 7) is 0. The Bertz CT molecular complexity index is 763. The highest BCUT2D eigenvalue weighted by Gasteiger charge is 2.21. The van der Waals surface area contributed by atoms with Crippen LogP contribution >= 0.6 is 11.6 Å². The summed E-state index contributed by atoms with van der Waals surface area (Å²) < 4.78 is 51.0. The van der Waals surface area contributed by atoms with Crippen molar-refractivity contribution >= 4 is 27.1 Å². The van der Waals surface area contributed by atoms with E-state index in [4.69, 9.17) is 17.3 Å². The van der Waals surface area contributed by atoms with Crippen molar-refractivity contribution in [3.05, 3.63) is 58.6 Å². The molecular weight excluding hydrogens is 308 g/mol. The van der Waals surface area contributed by atoms with Gasteiger partial charge in [0.05, 0.1) is 5.75 Å². The molecule has 0 bridgehead atoms. The first-order chi connectivity index (χ1) is 9.29. The Morgan fingerprint density at radius 3 is 2.45 bits per heavy atom. The van der Waals surface area contributed by atoms with Gasteiger partial charge in [-0.2, -0.15) is 0 Å². The second kappa shape index (κ2) is 5.38. The third kappa shape index (κ3) is 3.08. The van der Waals surface area contributed by atoms with Gasteiger partial charge < -0.3 is 5.73 Å². The topological polar surface area (TPSA) is 60.2 Å². The zero-order chi connectivity index (χ0) is 14.9. The number of rotatable bonds is 3. The average molecular weight is 318 g/mol. The first kappa shape index (κ1) is 14.7. The molecule has 2 rings (SSSR count). The van der Waals surface area contributed by atoms with Crippen LogP contribution in [0.1, 0.15) is 5.56 Å². The molecule has 7 heteroatoms. The molecule has 0 heterocycles. The van der Waals surface area contributed by atoms with E-state index in [0.717, 1.165) is 24.3 Å². The van der Waals surface area contributed by atoms with Gasteiger partial charge in [-0.05, 0) is 42.0 Å². The van der Waals surface area contributed by atoms with Crippen molar-refractivity contribution in [2.75, 3.05) is 5.73 Å². The van der Waals surface area contributed by atoms with Crippen LogP contribution in [0.3, 0.4) is 0 Å². The van der Waals surface area contributed by atoms with Gasteiger partial charge in [0, 0.05) is 10.7 Å². The van der Waals surface area contributed by atoms with Crippen LogP contribution in [0, 0.1) is 11.6 Å². The van der Waals surface area contributed by atoms with Crippen molar-refractivity contribution in [2.24, 2.45) is 0 Å². The first-order valence-electron chi connectivity index (χ1n) is 5.51. The van der Waals surface area contributed by atoms with Crippen molar-refractivity contribution in [3.63, 3.8) is 0 Å². The molecule has 2 aromatic rings. The normalized spacial score (nSPS) is 11.6. The number of nitrogens with two attached hydrogens (primary N) is 1. The fourth-order valence-corrected chi connectivity index (χ4v) is 3.40. The zero-order valence-corrected chi connectivity index (χ0v) is 11.7. The highest BCUT2D eigenvalue weighted by molar-refractivity contribution is 7.90. The summed E-state index contributed by atoms with van der Waals surface area (Å²) >= 11 is 5.81. The van der Waals surface area contributed by atoms with E-state index in [9.17, 15) is 17.2 Å². The number of halogens is 3. The number of nitrogen functional groups attached to an aromatic ring is 1. The van der Waals surface area contributed by atoms with Gasteiger partial charge in [0.15, 0.2) is 9.84 Å². The predicted molar refractivity (Wildman–Crippen MR) is 73.1 cm³/mol. The Hall–Kier alpha value is -1.66. The molecule has 0 radical (unpaired) electrons. The van der Waals surface area contributed by atoms with Crippen molar-refractivity contribution in [3.8, 4) is 0 Å². The third-order valence-electron chi connectivity index (χ3n) is 2.64. The van der Waals surface area contributed by atoms with Crippen molar-refractivity contribution in [1.82, 2.24) is 0 Å². The van der Waals surface area contributed by atoms with E-state index < -0.39 is 32.1 Å². The lowest BCUT2D eigenvalue weighted by Gasteiger charge is -2.08. The molecule has 0 aliphatic rings. The van der Waals surface area contributed by atoms with Gasteiger partial charge >= 0.3 is 0 Å². The van der Waals surface area contributed by atoms with Crippen molar-refractivity contribution < 1.29 is 17.2 Å². The molecule has 0 aliphatic carbocycles. The smallest absolute Gasteiger partial charge is 0.185 e. The number of anilines is 1. The van der Waals surface area contributed by atoms with E-state index >= 15 is 0 Å². The molecule has 0 aromatic heterocycles. The molecule has 3 nitrogen and oxygen atoms in total. The number of sulfone groups is 1. The van der Waals surface area contributed by atoms with Gasteiger partial charge in [-0.15, -0.1) is 0 Å². The summed E-state index contributed by atoms with van der Waals surface area (Å²) in [7, 11) is -3.98. The predicted octanol–water partition coefficient (Wildman–Crippen LogP) is 3.17. The Morgan fingerprint density at radius 2 is 1.80 bits per heavy atom. The SMILES string of the molecule is Nc1ccc(S(=O)(=O)Cc2cc(F)ccc2Cl)c(F)c1. The molecule has 0 aliphatic heterocycles. The van der Waals surface area contributed by atoms with Gasteiger partial charge in [0.1, 0.15) is 16.5 Å². The fraction of sp³-hybridized carbons (Fsp3) is 0.0769. The second-order valence-corrected chi connectivity index (χ2v) is 6.55. The maximum atomic E-state index is 13.7. The Morgan fingerprint density at radius 1 is 1.10 bits per heavy atom. The molecule has 0 fully saturated rings. The van der Waals surface area contributed by atoms with Crippen molar-refractivity contribution in [2.45, 2.75) is 10.6 Å². The Labute approximate surface area is 119 Å². The highest BCUT2D eigenvalue weighted by Crippen LogP contribution is 2.25. The molecule has 106 valence electrons. The largest absolute Gasteiger partial charge is 0.399 e. The lowest BCUT2D eigenvalue weighted by Crippen LogP contribution is -2.08. The minimum atomic E-state index is -3.98. The maximum absolute atomic E-state index is 13.7. The van der Waals surface area contributed by atoms with Crippen LogP contribution in [-0.4, -0.2) is 8.42 Å². The second-order valence-electron chi connectivity index (χ2n) is 4.18. The van der Waals surface area contributed by atoms with Gasteiger partial charge in [0.2, 0.25) is 0 Å². The summed E-state index contributed by atoms with van der Waals surface area (Å²) in [5.74, 6) is -2.15. The monoisotopic (exact) mass is 317 g/mol. The van der Waals surface area contributed by atoms with Crippen LogP contribution in [-0.2, 0) is 15.6 Å². The van der Waals surface area contributed by atoms with Gasteiger partial charge in [0.25, 0.3) is 0 Å². The summed E-state index contributed by atoms with van der Waals surface area (Å²) in [4.78, 5) is -0.493. The molecule has 0 unspecified atom stereocenters. The summed E-state index contributed by atoms with van der Waals surface area (Å²) in [6.07, 6.45) is 0. The van der Waals surface area contributed by atoms with Crippen LogP contribution in [0.15, 0.2) is 41.3 Å². The molecule has 0 saturated heterocycles. The molecule has 0 atom stereocenters. The number of hydrogen-bond acceptors (Lipinski definition) is 3. The molecule has 20 heavy (non-hydrogen) atoms. The van der Waals surface area contributed by atoms with E-state index in [1.165, 1.54) is 12.1 Å². The van der Waals surface area contributed by atoms with E-state index in [0.29, 0.717) is 0 Å². The third-order valence-corrected chi connectivity index (χ3v) is 4.71. The molecule has 0 saturated carbocycles. The average Bonchev–Trinajstić information content (AvgIpc) is 2.33. The molecule has 0 spiro atoms. The molecule has 2 N–H and O–H groups in total. The summed E-state index contributed by atoms with van der Waals surface area (Å²) in [5, 5.41) is 0.103. The quantitative estimate of drug-likeness (QED) is 0.884. The van der Waals surface area contributed by atoms with Crippen LogP contribution < -0.4 is 5.73 Å². The van der Waals surface area contributed by atoms with Gasteiger partial charge in [-0.1, -0.05) is 11.6 Å². The van der Waals surface area contributed by atoms with E-state index in [-0.39, 0.29) is 16.3 Å². The lowest BCUT2D eigenvalue weighted by molar-refractivity contribution is 0.566. The number of benzene rings is 2. The minimum absolute atomic E-state index is 0.0721. The van der Waals surface area contributed by atoms with Gasteiger partial charge in [-0.25, -0.2) is 17.2 Å². The van der Waals surface area contributed by atoms with E-state index in [2.05, 4.69) is 0 Å². The summed E-state index contributed by atoms with van der Waals surface area (Å²) in [5.41, 5.74) is 5.55. The molecule has 2 aromatic carbocycles. The van der Waals surface area contributed by atoms with Crippen LogP contribution in [0.4, 0.5) is 14.5 Å². The van der Waals surface area contributed by atoms with Crippen LogP contribution in [0.2, 0.25) is 5.02 Å². The Kier molecular flexibility index (Phi) is 3.96. The van der Waals surface area contributed by atoms with Crippen LogP contribution in [0.25, 0.3) is 0 Å². The van der Waals surface area contributed by atoms with E-state index in [1.54, 1.807) is 0 Å². The van der Waals surface area contributed by atoms with Crippen molar-refractivity contribution in [1.29, 1.82) is 0 Å². The standard InChI is InChI=1S/C13H10ClF2NO2S/c14-11-3-1-9(15)5-8(11)7-20(18,19)13-4-2-10(17)6-12(13)16/h1-6H,7,17H2. The zero-order valence-electron chi connectivity index (χ0n) is 10.1. The first-order valence-corrected chi connectivity index (χ1v) is 7.54. The Balaban J connectivity index is 2.43. The fourth-order valence-electron chi connectivity index (χ4n) is 1.71. The summed E-state index contributed by atoms with van der Waals surface area (Å²) in [6, 6.07) is 6.65. The highest BCUT2D eigenvalue weighted by atomic mass is 35.5.